The summed E-state index contributed by atoms with van der Waals surface area (Å²) in [7, 11) is 2.96. The van der Waals surface area contributed by atoms with Gasteiger partial charge in [-0.05, 0) is 30.4 Å². The molecule has 0 spiro atoms. The fourth-order valence-electron chi connectivity index (χ4n) is 2.73. The Morgan fingerprint density at radius 2 is 1.87 bits per heavy atom. The number of hydrazine groups is 1. The van der Waals surface area contributed by atoms with Gasteiger partial charge in [-0.25, -0.2) is 5.01 Å². The molecule has 0 atom stereocenters. The molecule has 31 heavy (non-hydrogen) atoms. The van der Waals surface area contributed by atoms with Crippen molar-refractivity contribution < 1.29 is 24.1 Å². The van der Waals surface area contributed by atoms with Crippen molar-refractivity contribution in [1.82, 2.24) is 5.01 Å². The molecule has 1 saturated heterocycles. The van der Waals surface area contributed by atoms with Gasteiger partial charge in [0, 0.05) is 11.6 Å². The topological polar surface area (TPSA) is 137 Å². The van der Waals surface area contributed by atoms with Crippen molar-refractivity contribution in [2.24, 2.45) is 0 Å². The number of amides is 1. The number of nitro groups is 2. The molecule has 1 heterocycles. The van der Waals surface area contributed by atoms with E-state index in [9.17, 15) is 25.0 Å². The maximum atomic E-state index is 12.9. The molecule has 0 aromatic heterocycles. The summed E-state index contributed by atoms with van der Waals surface area (Å²) in [5.41, 5.74) is 2.02. The molecule has 1 fully saturated rings. The van der Waals surface area contributed by atoms with Crippen molar-refractivity contribution in [3.05, 3.63) is 67.1 Å². The molecule has 0 saturated carbocycles. The lowest BCUT2D eigenvalue weighted by molar-refractivity contribution is -0.393. The minimum Gasteiger partial charge on any atom is -0.493 e. The second-order valence-corrected chi connectivity index (χ2v) is 7.60. The highest BCUT2D eigenvalue weighted by Gasteiger charge is 2.34. The highest BCUT2D eigenvalue weighted by molar-refractivity contribution is 8.26. The van der Waals surface area contributed by atoms with Gasteiger partial charge in [-0.3, -0.25) is 30.4 Å². The lowest BCUT2D eigenvalue weighted by Crippen LogP contribution is -2.34. The molecule has 1 aliphatic rings. The van der Waals surface area contributed by atoms with E-state index in [0.717, 1.165) is 35.0 Å². The Morgan fingerprint density at radius 1 is 1.13 bits per heavy atom. The third-order valence-electron chi connectivity index (χ3n) is 4.13. The molecular formula is C18H14N4O7S2. The third kappa shape index (κ3) is 4.41. The monoisotopic (exact) mass is 462 g/mol. The van der Waals surface area contributed by atoms with Gasteiger partial charge in [-0.15, -0.1) is 0 Å². The molecule has 160 valence electrons. The van der Waals surface area contributed by atoms with Crippen LogP contribution >= 0.6 is 24.0 Å². The molecule has 1 N–H and O–H groups in total. The average molecular weight is 462 g/mol. The normalized spacial score (nSPS) is 14.6. The Labute approximate surface area is 184 Å². The molecule has 1 aliphatic heterocycles. The van der Waals surface area contributed by atoms with E-state index < -0.39 is 27.1 Å². The first-order valence-electron chi connectivity index (χ1n) is 8.45. The maximum Gasteiger partial charge on any atom is 0.300 e. The minimum atomic E-state index is -0.788. The zero-order valence-corrected chi connectivity index (χ0v) is 17.7. The number of thiocarbonyl (C=S) groups is 1. The van der Waals surface area contributed by atoms with Crippen LogP contribution in [0.15, 0.2) is 41.3 Å². The smallest absolute Gasteiger partial charge is 0.300 e. The number of nitrogens with one attached hydrogen (secondary N) is 1. The van der Waals surface area contributed by atoms with E-state index >= 15 is 0 Å². The predicted octanol–water partition coefficient (Wildman–Crippen LogP) is 3.75. The number of carbonyl (C=O) groups is 1. The van der Waals surface area contributed by atoms with Crippen LogP contribution in [-0.2, 0) is 4.79 Å². The summed E-state index contributed by atoms with van der Waals surface area (Å²) < 4.78 is 10.7. The van der Waals surface area contributed by atoms with Crippen LogP contribution in [-0.4, -0.2) is 39.3 Å². The predicted molar refractivity (Wildman–Crippen MR) is 118 cm³/mol. The molecular weight excluding hydrogens is 448 g/mol. The second kappa shape index (κ2) is 8.97. The number of thioether (sulfide) groups is 1. The van der Waals surface area contributed by atoms with Crippen LogP contribution < -0.4 is 14.9 Å². The van der Waals surface area contributed by atoms with Crippen LogP contribution in [0.4, 0.5) is 17.1 Å². The van der Waals surface area contributed by atoms with Crippen molar-refractivity contribution in [2.75, 3.05) is 19.6 Å². The minimum absolute atomic E-state index is 0.103. The Kier molecular flexibility index (Phi) is 6.36. The van der Waals surface area contributed by atoms with E-state index in [2.05, 4.69) is 5.43 Å². The van der Waals surface area contributed by atoms with Gasteiger partial charge in [-0.1, -0.05) is 23.9 Å². The number of ether oxygens (including phenoxy) is 2. The Balaban J connectivity index is 1.93. The van der Waals surface area contributed by atoms with E-state index in [0.29, 0.717) is 17.1 Å². The van der Waals surface area contributed by atoms with E-state index in [1.807, 2.05) is 0 Å². The van der Waals surface area contributed by atoms with Crippen LogP contribution in [0.1, 0.15) is 5.56 Å². The summed E-state index contributed by atoms with van der Waals surface area (Å²) in [6.45, 7) is 0. The second-order valence-electron chi connectivity index (χ2n) is 5.93. The number of carbonyl (C=O) groups excluding carboxylic acids is 1. The Hall–Kier alpha value is -3.71. The fraction of sp³-hybridized carbons (Fsp3) is 0.111. The van der Waals surface area contributed by atoms with Crippen molar-refractivity contribution in [2.45, 2.75) is 0 Å². The molecule has 0 aliphatic carbocycles. The van der Waals surface area contributed by atoms with Crippen molar-refractivity contribution in [3.8, 4) is 11.5 Å². The van der Waals surface area contributed by atoms with Gasteiger partial charge in [0.1, 0.15) is 5.69 Å². The molecule has 2 aromatic carbocycles. The summed E-state index contributed by atoms with van der Waals surface area (Å²) in [6, 6.07) is 8.19. The number of non-ortho nitro benzene ring substituents is 1. The summed E-state index contributed by atoms with van der Waals surface area (Å²) in [5.74, 6) is 0.355. The molecule has 3 rings (SSSR count). The van der Waals surface area contributed by atoms with Gasteiger partial charge in [0.25, 0.3) is 11.6 Å². The molecule has 0 bridgehead atoms. The number of anilines is 1. The number of hydrogen-bond donors (Lipinski definition) is 1. The van der Waals surface area contributed by atoms with Crippen LogP contribution in [0.2, 0.25) is 0 Å². The average Bonchev–Trinajstić information content (AvgIpc) is 3.00. The van der Waals surface area contributed by atoms with Gasteiger partial charge in [0.2, 0.25) is 0 Å². The fourth-order valence-corrected chi connectivity index (χ4v) is 3.90. The first-order chi connectivity index (χ1) is 14.8. The van der Waals surface area contributed by atoms with Crippen molar-refractivity contribution in [3.63, 3.8) is 0 Å². The highest BCUT2D eigenvalue weighted by Crippen LogP contribution is 2.38. The van der Waals surface area contributed by atoms with Gasteiger partial charge < -0.3 is 9.47 Å². The standard InChI is InChI=1S/C18H14N4O7S2/c1-28-14-5-3-4-10(16(14)29-2)8-15-17(23)20(18(30)31-15)19-12-7-6-11(21(24)25)9-13(12)22(26)27/h3-9,19H,1-2H3. The summed E-state index contributed by atoms with van der Waals surface area (Å²) >= 11 is 6.21. The van der Waals surface area contributed by atoms with Crippen molar-refractivity contribution >= 4 is 57.3 Å². The largest absolute Gasteiger partial charge is 0.493 e. The van der Waals surface area contributed by atoms with E-state index in [-0.39, 0.29) is 14.9 Å². The number of benzene rings is 2. The lowest BCUT2D eigenvalue weighted by atomic mass is 10.1. The Bertz CT molecular complexity index is 1140. The van der Waals surface area contributed by atoms with Gasteiger partial charge in [0.15, 0.2) is 15.8 Å². The molecule has 13 heteroatoms. The highest BCUT2D eigenvalue weighted by atomic mass is 32.2. The summed E-state index contributed by atoms with van der Waals surface area (Å²) in [6.07, 6.45) is 1.56. The van der Waals surface area contributed by atoms with E-state index in [1.165, 1.54) is 14.2 Å². The van der Waals surface area contributed by atoms with E-state index in [1.54, 1.807) is 24.3 Å². The number of nitro benzene ring substituents is 2. The molecule has 11 nitrogen and oxygen atoms in total. The maximum absolute atomic E-state index is 12.9. The number of nitrogens with zero attached hydrogens (tertiary/aromatic N) is 3. The van der Waals surface area contributed by atoms with Gasteiger partial charge >= 0.3 is 5.69 Å². The van der Waals surface area contributed by atoms with Crippen LogP contribution in [0.3, 0.4) is 0 Å². The van der Waals surface area contributed by atoms with Crippen LogP contribution in [0, 0.1) is 20.2 Å². The molecule has 1 amide bonds. The SMILES string of the molecule is COc1cccc(C=C2SC(=S)N(Nc3ccc([N+](=O)[O-])cc3[N+](=O)[O-])C2=O)c1OC. The van der Waals surface area contributed by atoms with Crippen LogP contribution in [0.5, 0.6) is 11.5 Å². The number of methoxy groups -OCH3 is 2. The quantitative estimate of drug-likeness (QED) is 0.280. The van der Waals surface area contributed by atoms with Crippen LogP contribution in [0.25, 0.3) is 6.08 Å². The zero-order chi connectivity index (χ0) is 22.7. The molecule has 0 radical (unpaired) electrons. The first kappa shape index (κ1) is 22.0. The molecule has 0 unspecified atom stereocenters. The Morgan fingerprint density at radius 3 is 2.48 bits per heavy atom. The van der Waals surface area contributed by atoms with Gasteiger partial charge in [-0.2, -0.15) is 0 Å². The summed E-state index contributed by atoms with van der Waals surface area (Å²) in [5, 5.41) is 23.2. The number of rotatable bonds is 7. The molecule has 2 aromatic rings. The third-order valence-corrected chi connectivity index (χ3v) is 5.44. The van der Waals surface area contributed by atoms with E-state index in [4.69, 9.17) is 21.7 Å². The van der Waals surface area contributed by atoms with Crippen molar-refractivity contribution in [1.29, 1.82) is 0 Å². The zero-order valence-electron chi connectivity index (χ0n) is 16.1. The number of para-hydroxylation sites is 1. The number of hydrogen-bond acceptors (Lipinski definition) is 10. The van der Waals surface area contributed by atoms with Gasteiger partial charge in [0.05, 0.1) is 35.0 Å². The summed E-state index contributed by atoms with van der Waals surface area (Å²) in [4.78, 5) is 33.8. The lowest BCUT2D eigenvalue weighted by Gasteiger charge is -2.16. The first-order valence-corrected chi connectivity index (χ1v) is 9.67.